The molecule has 0 saturated carbocycles. The summed E-state index contributed by atoms with van der Waals surface area (Å²) in [6.07, 6.45) is -0.795. The van der Waals surface area contributed by atoms with Crippen LogP contribution in [-0.4, -0.2) is 43.5 Å². The van der Waals surface area contributed by atoms with Gasteiger partial charge in [0.1, 0.15) is 12.7 Å². The molecule has 1 aromatic rings. The van der Waals surface area contributed by atoms with Gasteiger partial charge in [0.15, 0.2) is 5.75 Å². The van der Waals surface area contributed by atoms with E-state index in [-0.39, 0.29) is 25.7 Å². The van der Waals surface area contributed by atoms with Gasteiger partial charge >= 0.3 is 5.97 Å². The first-order valence-corrected chi connectivity index (χ1v) is 6.91. The lowest BCUT2D eigenvalue weighted by Crippen LogP contribution is -2.35. The van der Waals surface area contributed by atoms with Crippen LogP contribution in [0.25, 0.3) is 0 Å². The number of halogens is 2. The highest BCUT2D eigenvalue weighted by Crippen LogP contribution is 2.32. The van der Waals surface area contributed by atoms with Crippen LogP contribution in [0.2, 0.25) is 10.0 Å². The van der Waals surface area contributed by atoms with Gasteiger partial charge in [-0.15, -0.1) is 0 Å². The van der Waals surface area contributed by atoms with Gasteiger partial charge in [0, 0.05) is 6.54 Å². The number of esters is 1. The van der Waals surface area contributed by atoms with Gasteiger partial charge in [-0.05, 0) is 19.1 Å². The van der Waals surface area contributed by atoms with Crippen LogP contribution in [0, 0.1) is 0 Å². The summed E-state index contributed by atoms with van der Waals surface area (Å²) in [6, 6.07) is 5.00. The molecule has 1 aromatic carbocycles. The molecule has 0 aliphatic heterocycles. The van der Waals surface area contributed by atoms with Crippen molar-refractivity contribution in [3.63, 3.8) is 0 Å². The number of carbonyl (C=O) groups excluding carboxylic acids is 1. The standard InChI is InChI=1S/C13H17Cl2NO4/c1-2-19-12(18)7-16-6-9(17)8-20-13-10(14)4-3-5-11(13)15/h3-5,9,16-17H,2,6-8H2,1H3. The van der Waals surface area contributed by atoms with Crippen molar-refractivity contribution >= 4 is 29.2 Å². The molecule has 1 unspecified atom stereocenters. The molecule has 0 aliphatic rings. The van der Waals surface area contributed by atoms with Crippen molar-refractivity contribution in [1.82, 2.24) is 5.32 Å². The predicted molar refractivity (Wildman–Crippen MR) is 77.5 cm³/mol. The molecule has 112 valence electrons. The quantitative estimate of drug-likeness (QED) is 0.716. The van der Waals surface area contributed by atoms with Crippen molar-refractivity contribution < 1.29 is 19.4 Å². The van der Waals surface area contributed by atoms with Gasteiger partial charge in [-0.2, -0.15) is 0 Å². The molecule has 0 saturated heterocycles. The maximum atomic E-state index is 11.1. The minimum atomic E-state index is -0.795. The Labute approximate surface area is 127 Å². The van der Waals surface area contributed by atoms with Gasteiger partial charge in [0.2, 0.25) is 0 Å². The van der Waals surface area contributed by atoms with Crippen LogP contribution in [0.1, 0.15) is 6.92 Å². The number of para-hydroxylation sites is 1. The Morgan fingerprint density at radius 2 is 2.05 bits per heavy atom. The topological polar surface area (TPSA) is 67.8 Å². The molecule has 1 rings (SSSR count). The highest BCUT2D eigenvalue weighted by atomic mass is 35.5. The smallest absolute Gasteiger partial charge is 0.319 e. The van der Waals surface area contributed by atoms with E-state index < -0.39 is 6.10 Å². The Balaban J connectivity index is 2.29. The third kappa shape index (κ3) is 5.96. The van der Waals surface area contributed by atoms with E-state index in [1.165, 1.54) is 0 Å². The molecule has 0 aromatic heterocycles. The Hall–Kier alpha value is -1.01. The number of benzene rings is 1. The Morgan fingerprint density at radius 1 is 1.40 bits per heavy atom. The second kappa shape index (κ2) is 9.02. The van der Waals surface area contributed by atoms with Crippen LogP contribution in [0.4, 0.5) is 0 Å². The van der Waals surface area contributed by atoms with Crippen LogP contribution in [0.15, 0.2) is 18.2 Å². The summed E-state index contributed by atoms with van der Waals surface area (Å²) in [6.45, 7) is 2.31. The number of ether oxygens (including phenoxy) is 2. The summed E-state index contributed by atoms with van der Waals surface area (Å²) < 4.78 is 10.1. The maximum Gasteiger partial charge on any atom is 0.319 e. The number of carbonyl (C=O) groups is 1. The van der Waals surface area contributed by atoms with Crippen LogP contribution >= 0.6 is 23.2 Å². The van der Waals surface area contributed by atoms with Crippen LogP contribution in [0.5, 0.6) is 5.75 Å². The summed E-state index contributed by atoms with van der Waals surface area (Å²) in [5, 5.41) is 13.2. The van der Waals surface area contributed by atoms with Gasteiger partial charge < -0.3 is 19.9 Å². The van der Waals surface area contributed by atoms with Crippen LogP contribution in [0.3, 0.4) is 0 Å². The molecular weight excluding hydrogens is 305 g/mol. The fourth-order valence-electron chi connectivity index (χ4n) is 1.41. The number of nitrogens with one attached hydrogen (secondary N) is 1. The van der Waals surface area contributed by atoms with Crippen LogP contribution in [-0.2, 0) is 9.53 Å². The zero-order chi connectivity index (χ0) is 15.0. The minimum Gasteiger partial charge on any atom is -0.488 e. The molecule has 20 heavy (non-hydrogen) atoms. The van der Waals surface area contributed by atoms with E-state index in [0.29, 0.717) is 22.4 Å². The molecular formula is C13H17Cl2NO4. The molecule has 5 nitrogen and oxygen atoms in total. The third-order valence-electron chi connectivity index (χ3n) is 2.29. The fraction of sp³-hybridized carbons (Fsp3) is 0.462. The van der Waals surface area contributed by atoms with Crippen molar-refractivity contribution in [2.75, 3.05) is 26.3 Å². The fourth-order valence-corrected chi connectivity index (χ4v) is 1.92. The Morgan fingerprint density at radius 3 is 2.65 bits per heavy atom. The van der Waals surface area contributed by atoms with E-state index in [2.05, 4.69) is 5.32 Å². The van der Waals surface area contributed by atoms with Gasteiger partial charge in [-0.25, -0.2) is 0 Å². The van der Waals surface area contributed by atoms with Crippen molar-refractivity contribution in [2.45, 2.75) is 13.0 Å². The number of aliphatic hydroxyl groups is 1. The highest BCUT2D eigenvalue weighted by molar-refractivity contribution is 6.37. The number of aliphatic hydroxyl groups excluding tert-OH is 1. The first kappa shape index (κ1) is 17.0. The number of hydrogen-bond donors (Lipinski definition) is 2. The third-order valence-corrected chi connectivity index (χ3v) is 2.89. The number of hydrogen-bond acceptors (Lipinski definition) is 5. The molecule has 1 atom stereocenters. The van der Waals surface area contributed by atoms with Crippen molar-refractivity contribution in [3.8, 4) is 5.75 Å². The largest absolute Gasteiger partial charge is 0.488 e. The summed E-state index contributed by atoms with van der Waals surface area (Å²) in [5.74, 6) is -0.0324. The monoisotopic (exact) mass is 321 g/mol. The van der Waals surface area contributed by atoms with Crippen molar-refractivity contribution in [3.05, 3.63) is 28.2 Å². The lowest BCUT2D eigenvalue weighted by molar-refractivity contribution is -0.142. The lowest BCUT2D eigenvalue weighted by Gasteiger charge is -2.14. The number of rotatable bonds is 8. The average molecular weight is 322 g/mol. The van der Waals surface area contributed by atoms with E-state index >= 15 is 0 Å². The second-order valence-electron chi connectivity index (χ2n) is 3.95. The van der Waals surface area contributed by atoms with E-state index in [9.17, 15) is 9.90 Å². The molecule has 0 heterocycles. The summed E-state index contributed by atoms with van der Waals surface area (Å²) in [5.41, 5.74) is 0. The Kier molecular flexibility index (Phi) is 7.69. The van der Waals surface area contributed by atoms with Crippen molar-refractivity contribution in [1.29, 1.82) is 0 Å². The first-order chi connectivity index (χ1) is 9.54. The van der Waals surface area contributed by atoms with Crippen molar-refractivity contribution in [2.24, 2.45) is 0 Å². The van der Waals surface area contributed by atoms with Crippen LogP contribution < -0.4 is 10.1 Å². The Bertz CT molecular complexity index is 422. The SMILES string of the molecule is CCOC(=O)CNCC(O)COc1c(Cl)cccc1Cl. The maximum absolute atomic E-state index is 11.1. The normalized spacial score (nSPS) is 12.0. The summed E-state index contributed by atoms with van der Waals surface area (Å²) in [4.78, 5) is 11.1. The molecule has 7 heteroatoms. The molecule has 0 spiro atoms. The molecule has 0 aliphatic carbocycles. The molecule has 0 fully saturated rings. The lowest BCUT2D eigenvalue weighted by atomic mass is 10.3. The summed E-state index contributed by atoms with van der Waals surface area (Å²) in [7, 11) is 0. The van der Waals surface area contributed by atoms with Gasteiger partial charge in [0.05, 0.1) is 23.2 Å². The second-order valence-corrected chi connectivity index (χ2v) is 4.77. The van der Waals surface area contributed by atoms with E-state index in [1.54, 1.807) is 25.1 Å². The zero-order valence-electron chi connectivity index (χ0n) is 11.1. The first-order valence-electron chi connectivity index (χ1n) is 6.15. The molecule has 0 radical (unpaired) electrons. The zero-order valence-corrected chi connectivity index (χ0v) is 12.6. The highest BCUT2D eigenvalue weighted by Gasteiger charge is 2.11. The van der Waals surface area contributed by atoms with E-state index in [0.717, 1.165) is 0 Å². The molecule has 2 N–H and O–H groups in total. The van der Waals surface area contributed by atoms with E-state index in [4.69, 9.17) is 32.7 Å². The van der Waals surface area contributed by atoms with Gasteiger partial charge in [0.25, 0.3) is 0 Å². The predicted octanol–water partition coefficient (Wildman–Crippen LogP) is 1.89. The molecule has 0 amide bonds. The van der Waals surface area contributed by atoms with Gasteiger partial charge in [-0.3, -0.25) is 4.79 Å². The minimum absolute atomic E-state index is 0.0132. The van der Waals surface area contributed by atoms with E-state index in [1.807, 2.05) is 0 Å². The summed E-state index contributed by atoms with van der Waals surface area (Å²) >= 11 is 11.9. The molecule has 0 bridgehead atoms. The average Bonchev–Trinajstić information content (AvgIpc) is 2.38. The van der Waals surface area contributed by atoms with Gasteiger partial charge in [-0.1, -0.05) is 29.3 Å².